The maximum atomic E-state index is 5.45. The minimum Gasteiger partial charge on any atom is -0.379 e. The van der Waals surface area contributed by atoms with E-state index in [1.165, 1.54) is 11.1 Å². The molecule has 0 aromatic carbocycles. The van der Waals surface area contributed by atoms with Crippen molar-refractivity contribution < 1.29 is 4.74 Å². The molecule has 0 unspecified atom stereocenters. The first-order chi connectivity index (χ1) is 14.5. The van der Waals surface area contributed by atoms with Crippen LogP contribution >= 0.6 is 0 Å². The van der Waals surface area contributed by atoms with Gasteiger partial charge in [-0.25, -0.2) is 9.97 Å². The van der Waals surface area contributed by atoms with Crippen LogP contribution in [-0.4, -0.2) is 69.7 Å². The van der Waals surface area contributed by atoms with E-state index in [1.807, 2.05) is 0 Å². The molecule has 0 atom stereocenters. The molecule has 0 saturated carbocycles. The quantitative estimate of drug-likeness (QED) is 0.754. The Balaban J connectivity index is 1.52. The van der Waals surface area contributed by atoms with E-state index in [0.717, 1.165) is 57.6 Å². The van der Waals surface area contributed by atoms with Gasteiger partial charge in [-0.05, 0) is 38.5 Å². The van der Waals surface area contributed by atoms with Crippen molar-refractivity contribution in [1.29, 1.82) is 0 Å². The highest BCUT2D eigenvalue weighted by Gasteiger charge is 2.21. The number of pyridine rings is 1. The summed E-state index contributed by atoms with van der Waals surface area (Å²) in [6, 6.07) is 2.08. The van der Waals surface area contributed by atoms with Crippen molar-refractivity contribution in [2.24, 2.45) is 0 Å². The number of hydrogen-bond acceptors (Lipinski definition) is 8. The van der Waals surface area contributed by atoms with Crippen LogP contribution in [0.4, 0.5) is 17.5 Å². The number of morpholine rings is 1. The van der Waals surface area contributed by atoms with Crippen molar-refractivity contribution in [3.63, 3.8) is 0 Å². The van der Waals surface area contributed by atoms with Crippen LogP contribution in [0.3, 0.4) is 0 Å². The smallest absolute Gasteiger partial charge is 0.150 e. The van der Waals surface area contributed by atoms with E-state index in [0.29, 0.717) is 5.82 Å². The van der Waals surface area contributed by atoms with Crippen molar-refractivity contribution in [3.05, 3.63) is 42.0 Å². The van der Waals surface area contributed by atoms with E-state index in [1.54, 1.807) is 18.6 Å². The Morgan fingerprint density at radius 1 is 1.10 bits per heavy atom. The second-order valence-corrected chi connectivity index (χ2v) is 8.75. The number of rotatable bonds is 6. The molecule has 1 fully saturated rings. The Bertz CT molecular complexity index is 873. The average molecular weight is 410 g/mol. The first-order valence-electron chi connectivity index (χ1n) is 10.5. The van der Waals surface area contributed by atoms with E-state index in [9.17, 15) is 0 Å². The van der Waals surface area contributed by atoms with Crippen LogP contribution in [-0.2, 0) is 11.3 Å². The maximum Gasteiger partial charge on any atom is 0.150 e. The molecule has 8 heteroatoms. The third-order valence-corrected chi connectivity index (χ3v) is 5.10. The fourth-order valence-electron chi connectivity index (χ4n) is 3.61. The van der Waals surface area contributed by atoms with E-state index in [4.69, 9.17) is 9.72 Å². The SMILES string of the molecule is CC(C)(C)Nc1nc(Nc2cnccn2)cc2c1CN(CCN1CCOCC1)C=C2. The highest BCUT2D eigenvalue weighted by atomic mass is 16.5. The molecule has 0 radical (unpaired) electrons. The first-order valence-corrected chi connectivity index (χ1v) is 10.5. The van der Waals surface area contributed by atoms with Crippen LogP contribution in [0.1, 0.15) is 31.9 Å². The Morgan fingerprint density at radius 2 is 1.93 bits per heavy atom. The number of hydrogen-bond donors (Lipinski definition) is 2. The molecule has 8 nitrogen and oxygen atoms in total. The van der Waals surface area contributed by atoms with E-state index >= 15 is 0 Å². The lowest BCUT2D eigenvalue weighted by molar-refractivity contribution is 0.0350. The molecule has 0 spiro atoms. The molecule has 0 aliphatic carbocycles. The minimum absolute atomic E-state index is 0.0915. The average Bonchev–Trinajstić information content (AvgIpc) is 2.73. The summed E-state index contributed by atoms with van der Waals surface area (Å²) in [5, 5.41) is 6.86. The van der Waals surface area contributed by atoms with Gasteiger partial charge in [-0.15, -0.1) is 0 Å². The van der Waals surface area contributed by atoms with Gasteiger partial charge < -0.3 is 20.3 Å². The van der Waals surface area contributed by atoms with Gasteiger partial charge in [-0.1, -0.05) is 0 Å². The Morgan fingerprint density at radius 3 is 2.67 bits per heavy atom. The summed E-state index contributed by atoms with van der Waals surface area (Å²) in [6.07, 6.45) is 9.39. The van der Waals surface area contributed by atoms with Gasteiger partial charge in [0.15, 0.2) is 0 Å². The molecule has 4 rings (SSSR count). The highest BCUT2D eigenvalue weighted by molar-refractivity contribution is 5.69. The standard InChI is InChI=1S/C22H31N7O/c1-22(2,3)27-21-18-16-29(9-8-28-10-12-30-13-11-28)7-4-17(18)14-19(26-21)25-20-15-23-5-6-24-20/h4-7,14-15H,8-13,16H2,1-3H3,(H2,24,25,26,27). The fraction of sp³-hybridized carbons (Fsp3) is 0.500. The minimum atomic E-state index is -0.0915. The Labute approximate surface area is 178 Å². The van der Waals surface area contributed by atoms with Crippen molar-refractivity contribution >= 4 is 23.5 Å². The molecule has 2 N–H and O–H groups in total. The van der Waals surface area contributed by atoms with Crippen LogP contribution in [0, 0.1) is 0 Å². The maximum absolute atomic E-state index is 5.45. The van der Waals surface area contributed by atoms with Gasteiger partial charge in [0.2, 0.25) is 0 Å². The number of nitrogens with one attached hydrogen (secondary N) is 2. The molecule has 0 amide bonds. The van der Waals surface area contributed by atoms with Crippen LogP contribution < -0.4 is 10.6 Å². The summed E-state index contributed by atoms with van der Waals surface area (Å²) >= 11 is 0. The summed E-state index contributed by atoms with van der Waals surface area (Å²) in [5.74, 6) is 2.35. The van der Waals surface area contributed by atoms with E-state index < -0.39 is 0 Å². The Kier molecular flexibility index (Phi) is 6.15. The van der Waals surface area contributed by atoms with Crippen molar-refractivity contribution in [2.45, 2.75) is 32.9 Å². The predicted octanol–water partition coefficient (Wildman–Crippen LogP) is 2.94. The van der Waals surface area contributed by atoms with Crippen molar-refractivity contribution in [1.82, 2.24) is 24.8 Å². The second-order valence-electron chi connectivity index (χ2n) is 8.75. The van der Waals surface area contributed by atoms with E-state index in [2.05, 4.69) is 69.5 Å². The molecule has 2 aromatic heterocycles. The normalized spacial score (nSPS) is 17.0. The summed E-state index contributed by atoms with van der Waals surface area (Å²) in [4.78, 5) is 18.1. The van der Waals surface area contributed by atoms with Crippen LogP contribution in [0.15, 0.2) is 30.9 Å². The number of anilines is 3. The monoisotopic (exact) mass is 409 g/mol. The zero-order valence-corrected chi connectivity index (χ0v) is 18.1. The van der Waals surface area contributed by atoms with Gasteiger partial charge in [-0.2, -0.15) is 0 Å². The molecule has 0 bridgehead atoms. The lowest BCUT2D eigenvalue weighted by Crippen LogP contribution is -2.40. The molecule has 30 heavy (non-hydrogen) atoms. The summed E-state index contributed by atoms with van der Waals surface area (Å²) in [6.45, 7) is 13.0. The largest absolute Gasteiger partial charge is 0.379 e. The van der Waals surface area contributed by atoms with Gasteiger partial charge in [0.25, 0.3) is 0 Å². The third-order valence-electron chi connectivity index (χ3n) is 5.10. The van der Waals surface area contributed by atoms with Gasteiger partial charge in [0, 0.05) is 62.4 Å². The molecule has 2 aliphatic heterocycles. The molecule has 2 aromatic rings. The van der Waals surface area contributed by atoms with Gasteiger partial charge in [-0.3, -0.25) is 9.88 Å². The number of ether oxygens (including phenoxy) is 1. The zero-order valence-electron chi connectivity index (χ0n) is 18.1. The first kappa shape index (κ1) is 20.6. The van der Waals surface area contributed by atoms with Crippen LogP contribution in [0.25, 0.3) is 6.08 Å². The lowest BCUT2D eigenvalue weighted by Gasteiger charge is -2.32. The molecule has 4 heterocycles. The van der Waals surface area contributed by atoms with Crippen molar-refractivity contribution in [2.75, 3.05) is 50.0 Å². The van der Waals surface area contributed by atoms with Gasteiger partial charge >= 0.3 is 0 Å². The van der Waals surface area contributed by atoms with Crippen molar-refractivity contribution in [3.8, 4) is 0 Å². The third kappa shape index (κ3) is 5.46. The van der Waals surface area contributed by atoms with Crippen LogP contribution in [0.2, 0.25) is 0 Å². The Hall–Kier alpha value is -2.71. The van der Waals surface area contributed by atoms with Crippen LogP contribution in [0.5, 0.6) is 0 Å². The molecule has 160 valence electrons. The molecule has 1 saturated heterocycles. The fourth-order valence-corrected chi connectivity index (χ4v) is 3.61. The zero-order chi connectivity index (χ0) is 21.0. The van der Waals surface area contributed by atoms with Gasteiger partial charge in [0.1, 0.15) is 17.5 Å². The summed E-state index contributed by atoms with van der Waals surface area (Å²) in [5.41, 5.74) is 2.30. The predicted molar refractivity (Wildman–Crippen MR) is 120 cm³/mol. The number of nitrogens with zero attached hydrogens (tertiary/aromatic N) is 5. The summed E-state index contributed by atoms with van der Waals surface area (Å²) in [7, 11) is 0. The molecule has 2 aliphatic rings. The lowest BCUT2D eigenvalue weighted by atomic mass is 10.0. The molecular weight excluding hydrogens is 378 g/mol. The highest BCUT2D eigenvalue weighted by Crippen LogP contribution is 2.30. The topological polar surface area (TPSA) is 78.4 Å². The number of aromatic nitrogens is 3. The van der Waals surface area contributed by atoms with E-state index in [-0.39, 0.29) is 5.54 Å². The summed E-state index contributed by atoms with van der Waals surface area (Å²) < 4.78 is 5.45. The number of fused-ring (bicyclic) bond motifs is 1. The second kappa shape index (κ2) is 8.97. The van der Waals surface area contributed by atoms with Gasteiger partial charge in [0.05, 0.1) is 19.4 Å². The molecular formula is C22H31N7O.